The Bertz CT molecular complexity index is 392. The van der Waals surface area contributed by atoms with E-state index in [1.165, 1.54) is 0 Å². The molecule has 86 valence electrons. The average molecular weight is 221 g/mol. The molecule has 0 bridgehead atoms. The number of carbonyl (C=O) groups is 1. The topological polar surface area (TPSA) is 58.6 Å². The summed E-state index contributed by atoms with van der Waals surface area (Å²) in [5.41, 5.74) is 1.11. The van der Waals surface area contributed by atoms with Crippen molar-refractivity contribution in [3.8, 4) is 5.75 Å². The number of carboxylic acid groups (broad SMARTS) is 1. The summed E-state index contributed by atoms with van der Waals surface area (Å²) >= 11 is 0. The summed E-state index contributed by atoms with van der Waals surface area (Å²) in [6, 6.07) is 7.94. The minimum Gasteiger partial charge on any atom is -0.491 e. The summed E-state index contributed by atoms with van der Waals surface area (Å²) in [5.74, 6) is -0.268. The van der Waals surface area contributed by atoms with E-state index in [4.69, 9.17) is 9.84 Å². The largest absolute Gasteiger partial charge is 0.491 e. The van der Waals surface area contributed by atoms with Gasteiger partial charge in [-0.05, 0) is 6.07 Å². The molecule has 1 heterocycles. The maximum Gasteiger partial charge on any atom is 0.307 e. The van der Waals surface area contributed by atoms with E-state index in [1.807, 2.05) is 24.3 Å². The van der Waals surface area contributed by atoms with Crippen LogP contribution in [0.4, 0.5) is 0 Å². The van der Waals surface area contributed by atoms with Crippen LogP contribution in [-0.2, 0) is 4.79 Å². The van der Waals surface area contributed by atoms with E-state index >= 15 is 0 Å². The predicted molar refractivity (Wildman–Crippen MR) is 59.5 cm³/mol. The predicted octanol–water partition coefficient (Wildman–Crippen LogP) is 1.43. The van der Waals surface area contributed by atoms with Gasteiger partial charge >= 0.3 is 5.97 Å². The van der Waals surface area contributed by atoms with Gasteiger partial charge in [-0.15, -0.1) is 0 Å². The molecule has 0 radical (unpaired) electrons. The third kappa shape index (κ3) is 2.17. The SMILES string of the molecule is CC(CNC1COc2ccccc21)C(=O)O. The average Bonchev–Trinajstić information content (AvgIpc) is 2.69. The molecule has 4 nitrogen and oxygen atoms in total. The van der Waals surface area contributed by atoms with Gasteiger partial charge in [0.1, 0.15) is 12.4 Å². The summed E-state index contributed by atoms with van der Waals surface area (Å²) in [6.45, 7) is 2.72. The lowest BCUT2D eigenvalue weighted by atomic mass is 10.1. The molecule has 1 aromatic carbocycles. The molecule has 0 spiro atoms. The third-order valence-corrected chi connectivity index (χ3v) is 2.79. The summed E-state index contributed by atoms with van der Waals surface area (Å²) in [4.78, 5) is 10.7. The van der Waals surface area contributed by atoms with Gasteiger partial charge in [-0.3, -0.25) is 4.79 Å². The van der Waals surface area contributed by atoms with E-state index in [0.29, 0.717) is 13.2 Å². The Balaban J connectivity index is 1.96. The lowest BCUT2D eigenvalue weighted by Gasteiger charge is -2.13. The number of rotatable bonds is 4. The number of ether oxygens (including phenoxy) is 1. The van der Waals surface area contributed by atoms with Gasteiger partial charge in [0.2, 0.25) is 0 Å². The van der Waals surface area contributed by atoms with Gasteiger partial charge < -0.3 is 15.2 Å². The third-order valence-electron chi connectivity index (χ3n) is 2.79. The van der Waals surface area contributed by atoms with Gasteiger partial charge in [0.15, 0.2) is 0 Å². The van der Waals surface area contributed by atoms with Gasteiger partial charge in [-0.25, -0.2) is 0 Å². The standard InChI is InChI=1S/C12H15NO3/c1-8(12(14)15)6-13-10-7-16-11-5-3-2-4-9(10)11/h2-5,8,10,13H,6-7H2,1H3,(H,14,15). The Morgan fingerprint density at radius 2 is 2.38 bits per heavy atom. The molecule has 1 aliphatic heterocycles. The van der Waals surface area contributed by atoms with Crippen molar-refractivity contribution < 1.29 is 14.6 Å². The van der Waals surface area contributed by atoms with E-state index in [1.54, 1.807) is 6.92 Å². The monoisotopic (exact) mass is 221 g/mol. The first-order valence-corrected chi connectivity index (χ1v) is 5.36. The number of aliphatic carboxylic acids is 1. The number of benzene rings is 1. The molecule has 1 aromatic rings. The van der Waals surface area contributed by atoms with Crippen LogP contribution in [0.1, 0.15) is 18.5 Å². The van der Waals surface area contributed by atoms with E-state index in [0.717, 1.165) is 11.3 Å². The van der Waals surface area contributed by atoms with Crippen molar-refractivity contribution in [1.82, 2.24) is 5.32 Å². The first kappa shape index (κ1) is 11.0. The van der Waals surface area contributed by atoms with Crippen molar-refractivity contribution in [2.75, 3.05) is 13.2 Å². The van der Waals surface area contributed by atoms with Crippen LogP contribution in [0.2, 0.25) is 0 Å². The minimum absolute atomic E-state index is 0.109. The number of hydrogen-bond acceptors (Lipinski definition) is 3. The Morgan fingerprint density at radius 3 is 3.12 bits per heavy atom. The molecule has 2 unspecified atom stereocenters. The second-order valence-corrected chi connectivity index (χ2v) is 4.05. The van der Waals surface area contributed by atoms with Gasteiger partial charge in [0.05, 0.1) is 12.0 Å². The molecule has 0 aliphatic carbocycles. The Hall–Kier alpha value is -1.55. The lowest BCUT2D eigenvalue weighted by molar-refractivity contribution is -0.141. The highest BCUT2D eigenvalue weighted by molar-refractivity contribution is 5.69. The van der Waals surface area contributed by atoms with Crippen LogP contribution in [0.5, 0.6) is 5.75 Å². The molecule has 2 rings (SSSR count). The van der Waals surface area contributed by atoms with Crippen molar-refractivity contribution in [2.24, 2.45) is 5.92 Å². The maximum absolute atomic E-state index is 10.7. The van der Waals surface area contributed by atoms with E-state index in [2.05, 4.69) is 5.32 Å². The number of nitrogens with one attached hydrogen (secondary N) is 1. The summed E-state index contributed by atoms with van der Waals surface area (Å²) in [6.07, 6.45) is 0. The number of fused-ring (bicyclic) bond motifs is 1. The molecular formula is C12H15NO3. The first-order valence-electron chi connectivity index (χ1n) is 5.36. The van der Waals surface area contributed by atoms with Crippen molar-refractivity contribution in [2.45, 2.75) is 13.0 Å². The summed E-state index contributed by atoms with van der Waals surface area (Å²) in [7, 11) is 0. The van der Waals surface area contributed by atoms with Gasteiger partial charge in [-0.1, -0.05) is 25.1 Å². The highest BCUT2D eigenvalue weighted by atomic mass is 16.5. The smallest absolute Gasteiger partial charge is 0.307 e. The van der Waals surface area contributed by atoms with Crippen LogP contribution in [0.15, 0.2) is 24.3 Å². The van der Waals surface area contributed by atoms with Gasteiger partial charge in [0.25, 0.3) is 0 Å². The van der Waals surface area contributed by atoms with Gasteiger partial charge in [-0.2, -0.15) is 0 Å². The second kappa shape index (κ2) is 4.53. The zero-order valence-electron chi connectivity index (χ0n) is 9.14. The minimum atomic E-state index is -0.778. The Labute approximate surface area is 94.2 Å². The Morgan fingerprint density at radius 1 is 1.62 bits per heavy atom. The first-order chi connectivity index (χ1) is 7.68. The van der Waals surface area contributed by atoms with E-state index in [-0.39, 0.29) is 12.0 Å². The number of carboxylic acids is 1. The molecule has 1 aliphatic rings. The van der Waals surface area contributed by atoms with Crippen LogP contribution in [0, 0.1) is 5.92 Å². The quantitative estimate of drug-likeness (QED) is 0.807. The van der Waals surface area contributed by atoms with Crippen LogP contribution >= 0.6 is 0 Å². The fraction of sp³-hybridized carbons (Fsp3) is 0.417. The van der Waals surface area contributed by atoms with Crippen LogP contribution < -0.4 is 10.1 Å². The molecule has 4 heteroatoms. The molecule has 0 amide bonds. The van der Waals surface area contributed by atoms with Crippen molar-refractivity contribution in [3.63, 3.8) is 0 Å². The lowest BCUT2D eigenvalue weighted by Crippen LogP contribution is -2.30. The zero-order valence-corrected chi connectivity index (χ0v) is 9.14. The second-order valence-electron chi connectivity index (χ2n) is 4.05. The van der Waals surface area contributed by atoms with Crippen molar-refractivity contribution in [3.05, 3.63) is 29.8 Å². The zero-order chi connectivity index (χ0) is 11.5. The van der Waals surface area contributed by atoms with Crippen molar-refractivity contribution in [1.29, 1.82) is 0 Å². The van der Waals surface area contributed by atoms with Crippen LogP contribution in [0.25, 0.3) is 0 Å². The fourth-order valence-corrected chi connectivity index (χ4v) is 1.74. The van der Waals surface area contributed by atoms with E-state index < -0.39 is 5.97 Å². The molecule has 2 atom stereocenters. The highest BCUT2D eigenvalue weighted by Crippen LogP contribution is 2.31. The van der Waals surface area contributed by atoms with Gasteiger partial charge in [0, 0.05) is 12.1 Å². The Kier molecular flexibility index (Phi) is 3.10. The number of hydrogen-bond donors (Lipinski definition) is 2. The fourth-order valence-electron chi connectivity index (χ4n) is 1.74. The molecular weight excluding hydrogens is 206 g/mol. The normalized spacial score (nSPS) is 19.9. The molecule has 16 heavy (non-hydrogen) atoms. The molecule has 0 fully saturated rings. The van der Waals surface area contributed by atoms with Crippen molar-refractivity contribution >= 4 is 5.97 Å². The number of para-hydroxylation sites is 1. The highest BCUT2D eigenvalue weighted by Gasteiger charge is 2.24. The summed E-state index contributed by atoms with van der Waals surface area (Å²) < 4.78 is 5.49. The molecule has 0 aromatic heterocycles. The summed E-state index contributed by atoms with van der Waals surface area (Å²) in [5, 5.41) is 12.0. The van der Waals surface area contributed by atoms with Crippen LogP contribution in [-0.4, -0.2) is 24.2 Å². The molecule has 0 saturated carbocycles. The van der Waals surface area contributed by atoms with Crippen LogP contribution in [0.3, 0.4) is 0 Å². The maximum atomic E-state index is 10.7. The van der Waals surface area contributed by atoms with E-state index in [9.17, 15) is 4.79 Å². The molecule has 0 saturated heterocycles. The molecule has 2 N–H and O–H groups in total.